The molecule has 1 saturated heterocycles. The van der Waals surface area contributed by atoms with Crippen LogP contribution in [0.1, 0.15) is 13.3 Å². The molecule has 0 N–H and O–H groups in total. The lowest BCUT2D eigenvalue weighted by atomic mass is 10.4. The first-order valence-electron chi connectivity index (χ1n) is 4.09. The largest absolute Gasteiger partial charge is 0.356 e. The fraction of sp³-hybridized carbons (Fsp3) is 1.00. The summed E-state index contributed by atoms with van der Waals surface area (Å²) in [6, 6.07) is 0. The maximum atomic E-state index is 5.57. The van der Waals surface area contributed by atoms with Crippen LogP contribution in [-0.4, -0.2) is 44.5 Å². The molecule has 1 aliphatic heterocycles. The molecular weight excluding hydrogens is 142 g/mol. The highest BCUT2D eigenvalue weighted by molar-refractivity contribution is 4.65. The summed E-state index contributed by atoms with van der Waals surface area (Å²) in [4.78, 5) is 2.27. The third-order valence-electron chi connectivity index (χ3n) is 1.96. The Morgan fingerprint density at radius 1 is 1.55 bits per heavy atom. The first kappa shape index (κ1) is 8.97. The Kier molecular flexibility index (Phi) is 3.30. The van der Waals surface area contributed by atoms with Crippen molar-refractivity contribution >= 4 is 0 Å². The topological polar surface area (TPSA) is 21.7 Å². The molecule has 0 saturated carbocycles. The minimum atomic E-state index is -0.00468. The molecule has 0 spiro atoms. The number of rotatable bonds is 1. The Morgan fingerprint density at radius 3 is 2.91 bits per heavy atom. The standard InChI is InChI=1S/C8H17NO2/c1-7-6-9(2)5-4-8(10-3)11-7/h7-8H,4-6H2,1-3H3. The summed E-state index contributed by atoms with van der Waals surface area (Å²) in [5.41, 5.74) is 0. The van der Waals surface area contributed by atoms with Crippen molar-refractivity contribution in [1.29, 1.82) is 0 Å². The second-order valence-corrected chi connectivity index (χ2v) is 3.16. The van der Waals surface area contributed by atoms with E-state index in [4.69, 9.17) is 9.47 Å². The van der Waals surface area contributed by atoms with Gasteiger partial charge in [0.1, 0.15) is 0 Å². The molecule has 0 aliphatic carbocycles. The van der Waals surface area contributed by atoms with E-state index in [1.807, 2.05) is 0 Å². The molecule has 1 rings (SSSR count). The summed E-state index contributed by atoms with van der Waals surface area (Å²) < 4.78 is 10.7. The monoisotopic (exact) mass is 159 g/mol. The highest BCUT2D eigenvalue weighted by atomic mass is 16.7. The van der Waals surface area contributed by atoms with E-state index in [-0.39, 0.29) is 12.4 Å². The van der Waals surface area contributed by atoms with Crippen LogP contribution in [0.15, 0.2) is 0 Å². The maximum absolute atomic E-state index is 5.57. The van der Waals surface area contributed by atoms with Gasteiger partial charge in [-0.3, -0.25) is 0 Å². The van der Waals surface area contributed by atoms with E-state index in [2.05, 4.69) is 18.9 Å². The van der Waals surface area contributed by atoms with Crippen molar-refractivity contribution in [3.8, 4) is 0 Å². The molecule has 3 nitrogen and oxygen atoms in total. The first-order chi connectivity index (χ1) is 5.22. The molecule has 2 unspecified atom stereocenters. The molecule has 1 fully saturated rings. The van der Waals surface area contributed by atoms with Gasteiger partial charge in [0.2, 0.25) is 0 Å². The number of likely N-dealkylation sites (N-methyl/N-ethyl adjacent to an activating group) is 1. The molecule has 0 aromatic carbocycles. The zero-order chi connectivity index (χ0) is 8.27. The van der Waals surface area contributed by atoms with Crippen LogP contribution in [0, 0.1) is 0 Å². The van der Waals surface area contributed by atoms with Crippen LogP contribution in [0.3, 0.4) is 0 Å². The summed E-state index contributed by atoms with van der Waals surface area (Å²) in [5, 5.41) is 0. The molecule has 11 heavy (non-hydrogen) atoms. The van der Waals surface area contributed by atoms with Gasteiger partial charge in [0, 0.05) is 26.6 Å². The lowest BCUT2D eigenvalue weighted by Gasteiger charge is -2.16. The number of nitrogens with zero attached hydrogens (tertiary/aromatic N) is 1. The van der Waals surface area contributed by atoms with E-state index in [9.17, 15) is 0 Å². The second kappa shape index (κ2) is 4.04. The van der Waals surface area contributed by atoms with Crippen molar-refractivity contribution in [1.82, 2.24) is 4.90 Å². The van der Waals surface area contributed by atoms with E-state index >= 15 is 0 Å². The maximum Gasteiger partial charge on any atom is 0.158 e. The van der Waals surface area contributed by atoms with Crippen molar-refractivity contribution in [3.63, 3.8) is 0 Å². The molecule has 66 valence electrons. The van der Waals surface area contributed by atoms with Crippen molar-refractivity contribution in [2.24, 2.45) is 0 Å². The van der Waals surface area contributed by atoms with E-state index in [0.717, 1.165) is 19.5 Å². The quantitative estimate of drug-likeness (QED) is 0.562. The number of hydrogen-bond donors (Lipinski definition) is 0. The highest BCUT2D eigenvalue weighted by Crippen LogP contribution is 2.10. The van der Waals surface area contributed by atoms with Crippen LogP contribution in [0.5, 0.6) is 0 Å². The van der Waals surface area contributed by atoms with Gasteiger partial charge in [-0.2, -0.15) is 0 Å². The normalized spacial score (nSPS) is 35.2. The van der Waals surface area contributed by atoms with Crippen molar-refractivity contribution in [3.05, 3.63) is 0 Å². The Balaban J connectivity index is 2.39. The predicted octanol–water partition coefficient (Wildman–Crippen LogP) is 0.699. The van der Waals surface area contributed by atoms with Crippen LogP contribution in [0.25, 0.3) is 0 Å². The van der Waals surface area contributed by atoms with Crippen molar-refractivity contribution in [2.45, 2.75) is 25.7 Å². The number of ether oxygens (including phenoxy) is 2. The molecule has 0 bridgehead atoms. The van der Waals surface area contributed by atoms with Gasteiger partial charge >= 0.3 is 0 Å². The molecule has 0 radical (unpaired) electrons. The summed E-state index contributed by atoms with van der Waals surface area (Å²) >= 11 is 0. The lowest BCUT2D eigenvalue weighted by molar-refractivity contribution is -0.144. The van der Waals surface area contributed by atoms with Gasteiger partial charge in [0.15, 0.2) is 6.29 Å². The smallest absolute Gasteiger partial charge is 0.158 e. The zero-order valence-electron chi connectivity index (χ0n) is 7.54. The average molecular weight is 159 g/mol. The fourth-order valence-electron chi connectivity index (χ4n) is 1.40. The van der Waals surface area contributed by atoms with Gasteiger partial charge in [0.05, 0.1) is 6.10 Å². The van der Waals surface area contributed by atoms with Crippen molar-refractivity contribution in [2.75, 3.05) is 27.2 Å². The summed E-state index contributed by atoms with van der Waals surface area (Å²) in [5.74, 6) is 0. The minimum Gasteiger partial charge on any atom is -0.356 e. The van der Waals surface area contributed by atoms with Gasteiger partial charge in [-0.25, -0.2) is 0 Å². The summed E-state index contributed by atoms with van der Waals surface area (Å²) in [7, 11) is 3.81. The van der Waals surface area contributed by atoms with E-state index in [0.29, 0.717) is 0 Å². The van der Waals surface area contributed by atoms with Crippen LogP contribution < -0.4 is 0 Å². The molecule has 1 heterocycles. The molecular formula is C8H17NO2. The molecule has 0 aromatic rings. The summed E-state index contributed by atoms with van der Waals surface area (Å²) in [6.45, 7) is 4.14. The molecule has 0 amide bonds. The fourth-order valence-corrected chi connectivity index (χ4v) is 1.40. The van der Waals surface area contributed by atoms with E-state index in [1.54, 1.807) is 7.11 Å². The van der Waals surface area contributed by atoms with E-state index in [1.165, 1.54) is 0 Å². The minimum absolute atomic E-state index is 0.00468. The Morgan fingerprint density at radius 2 is 2.27 bits per heavy atom. The highest BCUT2D eigenvalue weighted by Gasteiger charge is 2.18. The lowest BCUT2D eigenvalue weighted by Crippen LogP contribution is -2.26. The number of hydrogen-bond acceptors (Lipinski definition) is 3. The Labute approximate surface area is 68.3 Å². The SMILES string of the molecule is COC1CCN(C)CC(C)O1. The molecule has 2 atom stereocenters. The predicted molar refractivity (Wildman–Crippen MR) is 43.5 cm³/mol. The Hall–Kier alpha value is -0.120. The second-order valence-electron chi connectivity index (χ2n) is 3.16. The third-order valence-corrected chi connectivity index (χ3v) is 1.96. The van der Waals surface area contributed by atoms with Gasteiger partial charge in [-0.1, -0.05) is 0 Å². The Bertz CT molecular complexity index is 119. The average Bonchev–Trinajstić information content (AvgIpc) is 2.11. The zero-order valence-corrected chi connectivity index (χ0v) is 7.54. The van der Waals surface area contributed by atoms with Crippen LogP contribution in [0.2, 0.25) is 0 Å². The van der Waals surface area contributed by atoms with Gasteiger partial charge < -0.3 is 14.4 Å². The van der Waals surface area contributed by atoms with Crippen LogP contribution >= 0.6 is 0 Å². The first-order valence-corrected chi connectivity index (χ1v) is 4.09. The molecule has 0 aromatic heterocycles. The molecule has 1 aliphatic rings. The number of methoxy groups -OCH3 is 1. The van der Waals surface area contributed by atoms with Crippen molar-refractivity contribution < 1.29 is 9.47 Å². The van der Waals surface area contributed by atoms with E-state index < -0.39 is 0 Å². The summed E-state index contributed by atoms with van der Waals surface area (Å²) in [6.07, 6.45) is 1.25. The van der Waals surface area contributed by atoms with Crippen LogP contribution in [-0.2, 0) is 9.47 Å². The van der Waals surface area contributed by atoms with Gasteiger partial charge in [0.25, 0.3) is 0 Å². The van der Waals surface area contributed by atoms with Gasteiger partial charge in [-0.05, 0) is 14.0 Å². The van der Waals surface area contributed by atoms with Crippen LogP contribution in [0.4, 0.5) is 0 Å². The third kappa shape index (κ3) is 2.77. The molecule has 3 heteroatoms. The van der Waals surface area contributed by atoms with Gasteiger partial charge in [-0.15, -0.1) is 0 Å².